The minimum atomic E-state index is -0.737. The van der Waals surface area contributed by atoms with Crippen molar-refractivity contribution in [2.45, 2.75) is 39.4 Å². The summed E-state index contributed by atoms with van der Waals surface area (Å²) < 4.78 is 19.8. The highest BCUT2D eigenvalue weighted by atomic mass is 79.9. The molecule has 1 rings (SSSR count). The summed E-state index contributed by atoms with van der Waals surface area (Å²) in [6.45, 7) is 5.96. The van der Waals surface area contributed by atoms with Crippen molar-refractivity contribution in [3.63, 3.8) is 0 Å². The molecule has 4 heteroatoms. The number of benzene rings is 1. The maximum Gasteiger partial charge on any atom is 0.126 e. The van der Waals surface area contributed by atoms with E-state index in [-0.39, 0.29) is 23.8 Å². The highest BCUT2D eigenvalue weighted by Crippen LogP contribution is 2.27. The normalized spacial score (nSPS) is 15.5. The van der Waals surface area contributed by atoms with Crippen LogP contribution in [0, 0.1) is 11.2 Å². The number of methoxy groups -OCH3 is 1. The maximum atomic E-state index is 13.6. The van der Waals surface area contributed by atoms with Crippen molar-refractivity contribution in [2.75, 3.05) is 7.11 Å². The van der Waals surface area contributed by atoms with Gasteiger partial charge in [-0.05, 0) is 29.2 Å². The number of rotatable bonds is 4. The van der Waals surface area contributed by atoms with E-state index in [4.69, 9.17) is 4.74 Å². The maximum absolute atomic E-state index is 13.6. The van der Waals surface area contributed by atoms with E-state index >= 15 is 0 Å². The van der Waals surface area contributed by atoms with Gasteiger partial charge in [-0.1, -0.05) is 36.7 Å². The Kier molecular flexibility index (Phi) is 5.32. The molecule has 1 N–H and O–H groups in total. The first-order chi connectivity index (χ1) is 8.25. The first kappa shape index (κ1) is 15.6. The zero-order valence-electron chi connectivity index (χ0n) is 11.2. The Balaban J connectivity index is 2.86. The molecule has 2 nitrogen and oxygen atoms in total. The lowest BCUT2D eigenvalue weighted by Gasteiger charge is -2.33. The fourth-order valence-electron chi connectivity index (χ4n) is 2.12. The molecule has 0 aliphatic carbocycles. The third-order valence-corrected chi connectivity index (χ3v) is 3.39. The van der Waals surface area contributed by atoms with Crippen LogP contribution in [0.3, 0.4) is 0 Å². The van der Waals surface area contributed by atoms with Crippen LogP contribution in [0.25, 0.3) is 0 Å². The molecule has 18 heavy (non-hydrogen) atoms. The lowest BCUT2D eigenvalue weighted by molar-refractivity contribution is -0.0701. The van der Waals surface area contributed by atoms with Crippen LogP contribution in [0.1, 0.15) is 26.3 Å². The van der Waals surface area contributed by atoms with E-state index in [2.05, 4.69) is 15.9 Å². The lowest BCUT2D eigenvalue weighted by Crippen LogP contribution is -2.40. The highest BCUT2D eigenvalue weighted by Gasteiger charge is 2.31. The zero-order chi connectivity index (χ0) is 13.9. The Bertz CT molecular complexity index is 401. The van der Waals surface area contributed by atoms with Crippen molar-refractivity contribution in [3.8, 4) is 0 Å². The largest absolute Gasteiger partial charge is 0.390 e. The monoisotopic (exact) mass is 318 g/mol. The van der Waals surface area contributed by atoms with Gasteiger partial charge < -0.3 is 9.84 Å². The van der Waals surface area contributed by atoms with E-state index in [1.54, 1.807) is 19.2 Å². The Morgan fingerprint density at radius 3 is 2.50 bits per heavy atom. The van der Waals surface area contributed by atoms with Gasteiger partial charge in [-0.15, -0.1) is 0 Å². The molecule has 0 saturated heterocycles. The summed E-state index contributed by atoms with van der Waals surface area (Å²) in [6.07, 6.45) is -0.837. The van der Waals surface area contributed by atoms with Crippen LogP contribution in [0.4, 0.5) is 4.39 Å². The van der Waals surface area contributed by atoms with Crippen molar-refractivity contribution in [1.82, 2.24) is 0 Å². The van der Waals surface area contributed by atoms with Crippen LogP contribution in [0.15, 0.2) is 22.7 Å². The predicted octanol–water partition coefficient (Wildman–Crippen LogP) is 3.55. The third-order valence-electron chi connectivity index (χ3n) is 2.89. The number of aliphatic hydroxyl groups is 1. The van der Waals surface area contributed by atoms with E-state index in [1.807, 2.05) is 20.8 Å². The van der Waals surface area contributed by atoms with Crippen molar-refractivity contribution in [1.29, 1.82) is 0 Å². The molecule has 0 saturated carbocycles. The Morgan fingerprint density at radius 2 is 2.00 bits per heavy atom. The summed E-state index contributed by atoms with van der Waals surface area (Å²) in [7, 11) is 1.57. The summed E-state index contributed by atoms with van der Waals surface area (Å²) in [6, 6.07) is 4.72. The summed E-state index contributed by atoms with van der Waals surface area (Å²) in [5.74, 6) is -0.305. The molecule has 0 aromatic heterocycles. The highest BCUT2D eigenvalue weighted by molar-refractivity contribution is 9.10. The smallest absolute Gasteiger partial charge is 0.126 e. The SMILES string of the molecule is COC(C(O)Cc1cc(Br)ccc1F)C(C)(C)C. The molecule has 2 atom stereocenters. The summed E-state index contributed by atoms with van der Waals surface area (Å²) >= 11 is 3.30. The molecule has 2 unspecified atom stereocenters. The van der Waals surface area contributed by atoms with Crippen molar-refractivity contribution >= 4 is 15.9 Å². The van der Waals surface area contributed by atoms with Gasteiger partial charge >= 0.3 is 0 Å². The van der Waals surface area contributed by atoms with Gasteiger partial charge in [0.2, 0.25) is 0 Å². The van der Waals surface area contributed by atoms with Gasteiger partial charge in [0.05, 0.1) is 12.2 Å². The number of aliphatic hydroxyl groups excluding tert-OH is 1. The predicted molar refractivity (Wildman–Crippen MR) is 74.1 cm³/mol. The van der Waals surface area contributed by atoms with Gasteiger partial charge in [-0.3, -0.25) is 0 Å². The van der Waals surface area contributed by atoms with Crippen LogP contribution in [0.2, 0.25) is 0 Å². The van der Waals surface area contributed by atoms with E-state index in [1.165, 1.54) is 6.07 Å². The lowest BCUT2D eigenvalue weighted by atomic mass is 9.83. The van der Waals surface area contributed by atoms with Gasteiger partial charge in [0.25, 0.3) is 0 Å². The second kappa shape index (κ2) is 6.13. The first-order valence-corrected chi connectivity index (χ1v) is 6.69. The van der Waals surface area contributed by atoms with Gasteiger partial charge in [0, 0.05) is 18.0 Å². The van der Waals surface area contributed by atoms with Crippen molar-refractivity contribution in [2.24, 2.45) is 5.41 Å². The van der Waals surface area contributed by atoms with E-state index in [0.29, 0.717) is 5.56 Å². The Hall–Kier alpha value is -0.450. The second-order valence-electron chi connectivity index (χ2n) is 5.53. The molecule has 0 bridgehead atoms. The number of halogens is 2. The molecule has 0 amide bonds. The molecule has 0 aliphatic heterocycles. The Labute approximate surface area is 116 Å². The number of ether oxygens (including phenoxy) is 1. The van der Waals surface area contributed by atoms with Crippen LogP contribution in [-0.4, -0.2) is 24.4 Å². The van der Waals surface area contributed by atoms with Crippen LogP contribution in [-0.2, 0) is 11.2 Å². The van der Waals surface area contributed by atoms with Crippen molar-refractivity contribution < 1.29 is 14.2 Å². The van der Waals surface area contributed by atoms with Gasteiger partial charge in [0.15, 0.2) is 0 Å². The minimum absolute atomic E-state index is 0.198. The molecule has 1 aromatic rings. The molecular weight excluding hydrogens is 299 g/mol. The van der Waals surface area contributed by atoms with Crippen LogP contribution in [0.5, 0.6) is 0 Å². The minimum Gasteiger partial charge on any atom is -0.390 e. The van der Waals surface area contributed by atoms with Crippen molar-refractivity contribution in [3.05, 3.63) is 34.1 Å². The summed E-state index contributed by atoms with van der Waals surface area (Å²) in [4.78, 5) is 0. The standard InChI is InChI=1S/C14H20BrFO2/c1-14(2,3)13(18-4)12(17)8-9-7-10(15)5-6-11(9)16/h5-7,12-13,17H,8H2,1-4H3. The molecule has 0 heterocycles. The van der Waals surface area contributed by atoms with Gasteiger partial charge in [0.1, 0.15) is 5.82 Å². The number of hydrogen-bond acceptors (Lipinski definition) is 2. The quantitative estimate of drug-likeness (QED) is 0.920. The molecule has 0 fully saturated rings. The Morgan fingerprint density at radius 1 is 1.39 bits per heavy atom. The second-order valence-corrected chi connectivity index (χ2v) is 6.45. The van der Waals surface area contributed by atoms with Crippen LogP contribution < -0.4 is 0 Å². The van der Waals surface area contributed by atoms with E-state index in [0.717, 1.165) is 4.47 Å². The summed E-state index contributed by atoms with van der Waals surface area (Å²) in [5, 5.41) is 10.2. The summed E-state index contributed by atoms with van der Waals surface area (Å²) in [5.41, 5.74) is 0.291. The average molecular weight is 319 g/mol. The molecule has 0 spiro atoms. The van der Waals surface area contributed by atoms with Gasteiger partial charge in [-0.25, -0.2) is 4.39 Å². The topological polar surface area (TPSA) is 29.5 Å². The van der Waals surface area contributed by atoms with E-state index in [9.17, 15) is 9.50 Å². The molecule has 0 aliphatic rings. The average Bonchev–Trinajstić information content (AvgIpc) is 2.22. The van der Waals surface area contributed by atoms with Gasteiger partial charge in [-0.2, -0.15) is 0 Å². The molecule has 102 valence electrons. The third kappa shape index (κ3) is 4.04. The van der Waals surface area contributed by atoms with Crippen LogP contribution >= 0.6 is 15.9 Å². The fourth-order valence-corrected chi connectivity index (χ4v) is 2.53. The molecular formula is C14H20BrFO2. The zero-order valence-corrected chi connectivity index (χ0v) is 12.8. The fraction of sp³-hybridized carbons (Fsp3) is 0.571. The number of hydrogen-bond donors (Lipinski definition) is 1. The molecule has 0 radical (unpaired) electrons. The van der Waals surface area contributed by atoms with E-state index < -0.39 is 6.10 Å². The first-order valence-electron chi connectivity index (χ1n) is 5.90. The molecule has 1 aromatic carbocycles.